The molecule has 2 aliphatic carbocycles. The molecule has 0 atom stereocenters. The van der Waals surface area contributed by atoms with Gasteiger partial charge in [0, 0.05) is 22.0 Å². The number of ether oxygens (including phenoxy) is 1. The highest BCUT2D eigenvalue weighted by Crippen LogP contribution is 2.59. The average Bonchev–Trinajstić information content (AvgIpc) is 3.79. The van der Waals surface area contributed by atoms with Crippen molar-refractivity contribution in [2.75, 3.05) is 4.90 Å². The van der Waals surface area contributed by atoms with Gasteiger partial charge in [0.05, 0.1) is 17.1 Å². The van der Waals surface area contributed by atoms with Crippen molar-refractivity contribution in [1.29, 1.82) is 0 Å². The van der Waals surface area contributed by atoms with Gasteiger partial charge in [0.2, 0.25) is 0 Å². The summed E-state index contributed by atoms with van der Waals surface area (Å²) in [4.78, 5) is 2.51. The monoisotopic (exact) mass is 895 g/mol. The second kappa shape index (κ2) is 15.0. The zero-order valence-electron chi connectivity index (χ0n) is 39.7. The molecule has 3 aliphatic rings. The minimum absolute atomic E-state index is 0.164. The van der Waals surface area contributed by atoms with Gasteiger partial charge in [-0.05, 0) is 136 Å². The Hall–Kier alpha value is -8.46. The molecule has 1 aliphatic heterocycles. The van der Waals surface area contributed by atoms with Gasteiger partial charge in [-0.15, -0.1) is 0 Å². The molecule has 0 aromatic heterocycles. The van der Waals surface area contributed by atoms with Crippen molar-refractivity contribution in [2.45, 2.75) is 38.5 Å². The van der Waals surface area contributed by atoms with Crippen LogP contribution in [0.15, 0.2) is 224 Å². The fraction of sp³-hybridized carbons (Fsp3) is 0.0882. The van der Waals surface area contributed by atoms with Crippen molar-refractivity contribution >= 4 is 38.6 Å². The van der Waals surface area contributed by atoms with Crippen LogP contribution in [0, 0.1) is 0 Å². The van der Waals surface area contributed by atoms with Crippen molar-refractivity contribution in [3.05, 3.63) is 247 Å². The van der Waals surface area contributed by atoms with Crippen molar-refractivity contribution < 1.29 is 4.74 Å². The molecule has 0 fully saturated rings. The zero-order valence-corrected chi connectivity index (χ0v) is 39.7. The summed E-state index contributed by atoms with van der Waals surface area (Å²) >= 11 is 0. The Morgan fingerprint density at radius 3 is 1.14 bits per heavy atom. The molecule has 1 heterocycles. The molecular formula is C68H49NO. The van der Waals surface area contributed by atoms with Crippen molar-refractivity contribution in [2.24, 2.45) is 0 Å². The number of benzene rings is 11. The van der Waals surface area contributed by atoms with E-state index in [0.29, 0.717) is 0 Å². The van der Waals surface area contributed by atoms with Crippen LogP contribution in [0.4, 0.5) is 17.1 Å². The average molecular weight is 896 g/mol. The number of nitrogens with zero attached hydrogens (tertiary/aromatic N) is 1. The lowest BCUT2D eigenvalue weighted by molar-refractivity contribution is 0.477. The third kappa shape index (κ3) is 5.80. The molecule has 11 aromatic rings. The van der Waals surface area contributed by atoms with Crippen molar-refractivity contribution in [3.8, 4) is 78.3 Å². The normalized spacial score (nSPS) is 14.3. The fourth-order valence-corrected chi connectivity index (χ4v) is 12.4. The Morgan fingerprint density at radius 1 is 0.300 bits per heavy atom. The number of rotatable bonds is 5. The molecule has 0 bridgehead atoms. The maximum Gasteiger partial charge on any atom is 0.151 e. The molecule has 0 amide bonds. The minimum Gasteiger partial charge on any atom is -0.453 e. The van der Waals surface area contributed by atoms with Crippen LogP contribution in [0.1, 0.15) is 49.9 Å². The first-order valence-electron chi connectivity index (χ1n) is 24.6. The molecule has 70 heavy (non-hydrogen) atoms. The largest absolute Gasteiger partial charge is 0.453 e. The van der Waals surface area contributed by atoms with Crippen LogP contribution in [0.2, 0.25) is 0 Å². The molecule has 0 saturated heterocycles. The molecule has 0 radical (unpaired) electrons. The number of hydrogen-bond acceptors (Lipinski definition) is 2. The lowest BCUT2D eigenvalue weighted by Gasteiger charge is -2.36. The van der Waals surface area contributed by atoms with E-state index < -0.39 is 0 Å². The van der Waals surface area contributed by atoms with E-state index in [1.165, 1.54) is 77.2 Å². The van der Waals surface area contributed by atoms with E-state index in [0.717, 1.165) is 61.9 Å². The van der Waals surface area contributed by atoms with Gasteiger partial charge < -0.3 is 9.64 Å². The Kier molecular flexibility index (Phi) is 8.71. The third-order valence-corrected chi connectivity index (χ3v) is 15.8. The Morgan fingerprint density at radius 2 is 0.686 bits per heavy atom. The van der Waals surface area contributed by atoms with Crippen molar-refractivity contribution in [3.63, 3.8) is 0 Å². The summed E-state index contributed by atoms with van der Waals surface area (Å²) in [5.41, 5.74) is 22.9. The van der Waals surface area contributed by atoms with Gasteiger partial charge in [-0.1, -0.05) is 216 Å². The molecule has 11 aromatic carbocycles. The van der Waals surface area contributed by atoms with Gasteiger partial charge >= 0.3 is 0 Å². The van der Waals surface area contributed by atoms with Gasteiger partial charge in [0.25, 0.3) is 0 Å². The highest BCUT2D eigenvalue weighted by molar-refractivity contribution is 6.12. The van der Waals surface area contributed by atoms with Crippen LogP contribution in [-0.4, -0.2) is 0 Å². The SMILES string of the molecule is CC1(C)c2ccccc2-c2c1cc(-c1ccc3c(c1)N(c1c(-c4ccccc4)cccc1-c1ccccc1)c1cc(-c4cc5c(c6ccccc46)-c4ccccc4C5(C)C)ccc1O3)c1ccccc21. The molecule has 0 spiro atoms. The van der Waals surface area contributed by atoms with Gasteiger partial charge in [-0.25, -0.2) is 0 Å². The molecule has 332 valence electrons. The lowest BCUT2D eigenvalue weighted by Crippen LogP contribution is -2.18. The summed E-state index contributed by atoms with van der Waals surface area (Å²) in [7, 11) is 0. The summed E-state index contributed by atoms with van der Waals surface area (Å²) in [6, 6.07) is 83.0. The molecule has 2 heteroatoms. The molecule has 2 nitrogen and oxygen atoms in total. The zero-order chi connectivity index (χ0) is 46.9. The van der Waals surface area contributed by atoms with Gasteiger partial charge in [0.1, 0.15) is 0 Å². The molecule has 0 N–H and O–H groups in total. The summed E-state index contributed by atoms with van der Waals surface area (Å²) in [5, 5.41) is 5.04. The smallest absolute Gasteiger partial charge is 0.151 e. The highest BCUT2D eigenvalue weighted by atomic mass is 16.5. The fourth-order valence-electron chi connectivity index (χ4n) is 12.4. The molecule has 14 rings (SSSR count). The van der Waals surface area contributed by atoms with E-state index in [1.807, 2.05) is 0 Å². The Labute approximate surface area is 409 Å². The number of para-hydroxylation sites is 1. The second-order valence-electron chi connectivity index (χ2n) is 20.4. The summed E-state index contributed by atoms with van der Waals surface area (Å²) in [5.74, 6) is 1.62. The number of hydrogen-bond donors (Lipinski definition) is 0. The standard InChI is InChI=1S/C68H49NO/c1-67(2)56-32-17-15-28-52(56)64-50-26-13-11-24-48(50)54(40-58(64)67)44-34-36-62-60(38-44)69(66-46(42-20-7-5-8-21-42)30-19-31-47(66)43-22-9-6-10-23-43)61-39-45(35-37-63(61)70-62)55-41-59-65(51-27-14-12-25-49(51)55)53-29-16-18-33-57(53)68(59,3)4/h5-41H,1-4H3. The first-order valence-corrected chi connectivity index (χ1v) is 24.6. The van der Waals surface area contributed by atoms with Crippen LogP contribution in [-0.2, 0) is 10.8 Å². The van der Waals surface area contributed by atoms with Crippen LogP contribution < -0.4 is 9.64 Å². The van der Waals surface area contributed by atoms with Crippen LogP contribution in [0.25, 0.3) is 88.3 Å². The van der Waals surface area contributed by atoms with Crippen molar-refractivity contribution in [1.82, 2.24) is 0 Å². The van der Waals surface area contributed by atoms with Crippen LogP contribution >= 0.6 is 0 Å². The van der Waals surface area contributed by atoms with E-state index in [9.17, 15) is 0 Å². The quantitative estimate of drug-likeness (QED) is 0.171. The van der Waals surface area contributed by atoms with Gasteiger partial charge in [-0.2, -0.15) is 0 Å². The first-order chi connectivity index (χ1) is 34.3. The Balaban J connectivity index is 1.04. The van der Waals surface area contributed by atoms with E-state index in [1.54, 1.807) is 0 Å². The molecule has 0 unspecified atom stereocenters. The number of anilines is 3. The highest BCUT2D eigenvalue weighted by Gasteiger charge is 2.39. The van der Waals surface area contributed by atoms with E-state index in [-0.39, 0.29) is 10.8 Å². The summed E-state index contributed by atoms with van der Waals surface area (Å²) in [6.07, 6.45) is 0. The maximum absolute atomic E-state index is 7.13. The van der Waals surface area contributed by atoms with Crippen LogP contribution in [0.3, 0.4) is 0 Å². The van der Waals surface area contributed by atoms with E-state index >= 15 is 0 Å². The molecular weight excluding hydrogens is 847 g/mol. The second-order valence-corrected chi connectivity index (χ2v) is 20.4. The Bertz CT molecular complexity index is 3720. The summed E-state index contributed by atoms with van der Waals surface area (Å²) < 4.78 is 7.13. The van der Waals surface area contributed by atoms with E-state index in [2.05, 4.69) is 257 Å². The van der Waals surface area contributed by atoms with Gasteiger partial charge in [-0.3, -0.25) is 0 Å². The predicted octanol–water partition coefficient (Wildman–Crippen LogP) is 18.8. The number of fused-ring (bicyclic) bond motifs is 12. The van der Waals surface area contributed by atoms with E-state index in [4.69, 9.17) is 4.74 Å². The topological polar surface area (TPSA) is 12.5 Å². The lowest BCUT2D eigenvalue weighted by atomic mass is 9.80. The summed E-state index contributed by atoms with van der Waals surface area (Å²) in [6.45, 7) is 9.51. The van der Waals surface area contributed by atoms with Crippen LogP contribution in [0.5, 0.6) is 11.5 Å². The minimum atomic E-state index is -0.164. The predicted molar refractivity (Wildman–Crippen MR) is 293 cm³/mol. The van der Waals surface area contributed by atoms with Gasteiger partial charge in [0.15, 0.2) is 11.5 Å². The third-order valence-electron chi connectivity index (χ3n) is 15.8. The maximum atomic E-state index is 7.13. The molecule has 0 saturated carbocycles. The first kappa shape index (κ1) is 40.6.